The van der Waals surface area contributed by atoms with Gasteiger partial charge in [-0.2, -0.15) is 0 Å². The fraction of sp³-hybridized carbons (Fsp3) is 0.583. The molecule has 1 heterocycles. The molecular formula is C12H19N3O3. The second-order valence-electron chi connectivity index (χ2n) is 4.62. The van der Waals surface area contributed by atoms with E-state index in [1.54, 1.807) is 0 Å². The van der Waals surface area contributed by atoms with Crippen molar-refractivity contribution in [2.24, 2.45) is 5.92 Å². The van der Waals surface area contributed by atoms with E-state index in [4.69, 9.17) is 0 Å². The number of hydrogen-bond donors (Lipinski definition) is 2. The molecule has 0 spiro atoms. The zero-order chi connectivity index (χ0) is 13.5. The van der Waals surface area contributed by atoms with Crippen LogP contribution in [-0.4, -0.2) is 22.0 Å². The number of carbonyl (C=O) groups excluding carboxylic acids is 1. The number of nitrogens with one attached hydrogen (secondary N) is 2. The largest absolute Gasteiger partial charge is 0.355 e. The Labute approximate surface area is 105 Å². The molecule has 0 unspecified atom stereocenters. The lowest BCUT2D eigenvalue weighted by molar-refractivity contribution is -0.121. The van der Waals surface area contributed by atoms with Crippen molar-refractivity contribution in [3.05, 3.63) is 33.1 Å². The molecular weight excluding hydrogens is 234 g/mol. The monoisotopic (exact) mass is 253 g/mol. The first-order valence-electron chi connectivity index (χ1n) is 6.05. The lowest BCUT2D eigenvalue weighted by atomic mass is 10.1. The maximum atomic E-state index is 11.5. The fourth-order valence-electron chi connectivity index (χ4n) is 1.52. The summed E-state index contributed by atoms with van der Waals surface area (Å²) in [6.45, 7) is 4.79. The Kier molecular flexibility index (Phi) is 5.35. The van der Waals surface area contributed by atoms with E-state index < -0.39 is 11.2 Å². The molecule has 1 aromatic rings. The third-order valence-electron chi connectivity index (χ3n) is 2.49. The van der Waals surface area contributed by atoms with E-state index in [0.29, 0.717) is 12.5 Å². The first-order valence-corrected chi connectivity index (χ1v) is 6.05. The normalized spacial score (nSPS) is 10.6. The molecule has 6 nitrogen and oxygen atoms in total. The first-order chi connectivity index (χ1) is 8.49. The van der Waals surface area contributed by atoms with Crippen LogP contribution in [0.1, 0.15) is 26.7 Å². The molecule has 0 aliphatic carbocycles. The maximum Gasteiger partial charge on any atom is 0.328 e. The van der Waals surface area contributed by atoms with Gasteiger partial charge < -0.3 is 5.32 Å². The molecule has 18 heavy (non-hydrogen) atoms. The van der Waals surface area contributed by atoms with Gasteiger partial charge in [-0.1, -0.05) is 13.8 Å². The zero-order valence-electron chi connectivity index (χ0n) is 10.7. The molecule has 1 amide bonds. The molecule has 0 radical (unpaired) electrons. The number of carbonyl (C=O) groups is 1. The molecule has 0 bridgehead atoms. The van der Waals surface area contributed by atoms with Crippen LogP contribution in [0.5, 0.6) is 0 Å². The number of rotatable bonds is 6. The third-order valence-corrected chi connectivity index (χ3v) is 2.49. The highest BCUT2D eigenvalue weighted by Crippen LogP contribution is 2.01. The van der Waals surface area contributed by atoms with Gasteiger partial charge in [-0.15, -0.1) is 0 Å². The van der Waals surface area contributed by atoms with Crippen molar-refractivity contribution in [2.45, 2.75) is 33.2 Å². The molecule has 2 N–H and O–H groups in total. The number of hydrogen-bond acceptors (Lipinski definition) is 3. The lowest BCUT2D eigenvalue weighted by Gasteiger charge is -2.07. The van der Waals surface area contributed by atoms with E-state index in [9.17, 15) is 14.4 Å². The molecule has 0 atom stereocenters. The SMILES string of the molecule is CC(C)CCCNC(=O)Cn1ccc(=O)[nH]c1=O. The van der Waals surface area contributed by atoms with Crippen molar-refractivity contribution >= 4 is 5.91 Å². The number of amides is 1. The van der Waals surface area contributed by atoms with Gasteiger partial charge in [0.15, 0.2) is 0 Å². The molecule has 1 rings (SSSR count). The zero-order valence-corrected chi connectivity index (χ0v) is 10.7. The second kappa shape index (κ2) is 6.78. The van der Waals surface area contributed by atoms with Gasteiger partial charge in [0.1, 0.15) is 6.54 Å². The van der Waals surface area contributed by atoms with Crippen molar-refractivity contribution in [3.8, 4) is 0 Å². The van der Waals surface area contributed by atoms with Gasteiger partial charge >= 0.3 is 5.69 Å². The van der Waals surface area contributed by atoms with Crippen LogP contribution in [0.15, 0.2) is 21.9 Å². The van der Waals surface area contributed by atoms with Crippen LogP contribution in [0.4, 0.5) is 0 Å². The minimum atomic E-state index is -0.570. The van der Waals surface area contributed by atoms with Crippen molar-refractivity contribution in [1.82, 2.24) is 14.9 Å². The average Bonchev–Trinajstić information content (AvgIpc) is 2.28. The summed E-state index contributed by atoms with van der Waals surface area (Å²) in [6, 6.07) is 1.22. The fourth-order valence-corrected chi connectivity index (χ4v) is 1.52. The Morgan fingerprint density at radius 2 is 2.17 bits per heavy atom. The van der Waals surface area contributed by atoms with Crippen LogP contribution in [0.2, 0.25) is 0 Å². The van der Waals surface area contributed by atoms with Crippen LogP contribution >= 0.6 is 0 Å². The van der Waals surface area contributed by atoms with E-state index >= 15 is 0 Å². The van der Waals surface area contributed by atoms with E-state index in [0.717, 1.165) is 12.8 Å². The van der Waals surface area contributed by atoms with Gasteiger partial charge in [0, 0.05) is 18.8 Å². The molecule has 0 fully saturated rings. The molecule has 0 saturated heterocycles. The molecule has 0 saturated carbocycles. The summed E-state index contributed by atoms with van der Waals surface area (Å²) in [5, 5.41) is 2.74. The van der Waals surface area contributed by atoms with E-state index in [1.165, 1.54) is 16.8 Å². The predicted octanol–water partition coefficient (Wildman–Crippen LogP) is 0.0890. The highest BCUT2D eigenvalue weighted by Gasteiger charge is 2.04. The van der Waals surface area contributed by atoms with Crippen LogP contribution in [0.3, 0.4) is 0 Å². The average molecular weight is 253 g/mol. The second-order valence-corrected chi connectivity index (χ2v) is 4.62. The van der Waals surface area contributed by atoms with E-state index in [1.807, 2.05) is 0 Å². The summed E-state index contributed by atoms with van der Waals surface area (Å²) in [7, 11) is 0. The summed E-state index contributed by atoms with van der Waals surface area (Å²) in [5.74, 6) is 0.386. The minimum Gasteiger partial charge on any atom is -0.355 e. The summed E-state index contributed by atoms with van der Waals surface area (Å²) in [4.78, 5) is 35.8. The van der Waals surface area contributed by atoms with Gasteiger partial charge in [0.25, 0.3) is 5.56 Å². The van der Waals surface area contributed by atoms with E-state index in [-0.39, 0.29) is 12.5 Å². The molecule has 0 aromatic carbocycles. The van der Waals surface area contributed by atoms with Crippen LogP contribution in [0, 0.1) is 5.92 Å². The van der Waals surface area contributed by atoms with Gasteiger partial charge in [-0.05, 0) is 18.8 Å². The topological polar surface area (TPSA) is 84.0 Å². The Hall–Kier alpha value is -1.85. The number of aromatic nitrogens is 2. The Morgan fingerprint density at radius 1 is 1.44 bits per heavy atom. The quantitative estimate of drug-likeness (QED) is 0.705. The van der Waals surface area contributed by atoms with Gasteiger partial charge in [0.2, 0.25) is 5.91 Å². The minimum absolute atomic E-state index is 0.0721. The Morgan fingerprint density at radius 3 is 2.78 bits per heavy atom. The highest BCUT2D eigenvalue weighted by molar-refractivity contribution is 5.75. The summed E-state index contributed by atoms with van der Waals surface area (Å²) in [6.07, 6.45) is 3.29. The molecule has 100 valence electrons. The standard InChI is InChI=1S/C12H19N3O3/c1-9(2)4-3-6-13-11(17)8-15-7-5-10(16)14-12(15)18/h5,7,9H,3-4,6,8H2,1-2H3,(H,13,17)(H,14,16,18). The number of H-pyrrole nitrogens is 1. The van der Waals surface area contributed by atoms with Crippen LogP contribution < -0.4 is 16.6 Å². The molecule has 6 heteroatoms. The predicted molar refractivity (Wildman–Crippen MR) is 68.4 cm³/mol. The van der Waals surface area contributed by atoms with Crippen molar-refractivity contribution in [1.29, 1.82) is 0 Å². The summed E-state index contributed by atoms with van der Waals surface area (Å²) in [5.41, 5.74) is -1.03. The van der Waals surface area contributed by atoms with Gasteiger partial charge in [0.05, 0.1) is 0 Å². The first kappa shape index (κ1) is 14.2. The highest BCUT2D eigenvalue weighted by atomic mass is 16.2. The lowest BCUT2D eigenvalue weighted by Crippen LogP contribution is -2.35. The molecule has 1 aromatic heterocycles. The number of aromatic amines is 1. The van der Waals surface area contributed by atoms with Crippen molar-refractivity contribution in [3.63, 3.8) is 0 Å². The molecule has 0 aliphatic heterocycles. The summed E-state index contributed by atoms with van der Waals surface area (Å²) >= 11 is 0. The maximum absolute atomic E-state index is 11.5. The van der Waals surface area contributed by atoms with Gasteiger partial charge in [-0.3, -0.25) is 19.1 Å². The van der Waals surface area contributed by atoms with Crippen molar-refractivity contribution < 1.29 is 4.79 Å². The Balaban J connectivity index is 2.40. The van der Waals surface area contributed by atoms with Gasteiger partial charge in [-0.25, -0.2) is 4.79 Å². The Bertz CT molecular complexity index is 502. The summed E-state index contributed by atoms with van der Waals surface area (Å²) < 4.78 is 1.17. The van der Waals surface area contributed by atoms with E-state index in [2.05, 4.69) is 24.1 Å². The third kappa shape index (κ3) is 4.99. The van der Waals surface area contributed by atoms with Crippen LogP contribution in [-0.2, 0) is 11.3 Å². The van der Waals surface area contributed by atoms with Crippen LogP contribution in [0.25, 0.3) is 0 Å². The van der Waals surface area contributed by atoms with Crippen molar-refractivity contribution in [2.75, 3.05) is 6.54 Å². The molecule has 0 aliphatic rings. The number of nitrogens with zero attached hydrogens (tertiary/aromatic N) is 1. The smallest absolute Gasteiger partial charge is 0.328 e.